The maximum absolute atomic E-state index is 12.8. The van der Waals surface area contributed by atoms with Crippen molar-refractivity contribution in [2.75, 3.05) is 13.6 Å². The molecule has 1 atom stereocenters. The number of hydrogen-bond acceptors (Lipinski definition) is 2. The Kier molecular flexibility index (Phi) is 4.40. The largest absolute Gasteiger partial charge is 0.489 e. The minimum Gasteiger partial charge on any atom is -0.489 e. The highest BCUT2D eigenvalue weighted by atomic mass is 19.1. The molecule has 1 aromatic carbocycles. The van der Waals surface area contributed by atoms with Crippen molar-refractivity contribution in [3.05, 3.63) is 30.1 Å². The van der Waals surface area contributed by atoms with Crippen molar-refractivity contribution in [1.82, 2.24) is 5.32 Å². The van der Waals surface area contributed by atoms with Crippen molar-refractivity contribution >= 4 is 0 Å². The predicted octanol–water partition coefficient (Wildman–Crippen LogP) is 2.20. The molecule has 0 spiro atoms. The summed E-state index contributed by atoms with van der Waals surface area (Å²) in [5.41, 5.74) is 0. The molecule has 0 fully saturated rings. The van der Waals surface area contributed by atoms with Gasteiger partial charge in [-0.3, -0.25) is 0 Å². The van der Waals surface area contributed by atoms with E-state index in [0.717, 1.165) is 13.0 Å². The highest BCUT2D eigenvalue weighted by Crippen LogP contribution is 2.14. The summed E-state index contributed by atoms with van der Waals surface area (Å²) >= 11 is 0. The van der Waals surface area contributed by atoms with Crippen molar-refractivity contribution in [1.29, 1.82) is 0 Å². The Balaban J connectivity index is 2.57. The van der Waals surface area contributed by atoms with E-state index in [1.54, 1.807) is 12.1 Å². The van der Waals surface area contributed by atoms with Gasteiger partial charge in [-0.2, -0.15) is 0 Å². The van der Waals surface area contributed by atoms with E-state index in [9.17, 15) is 4.39 Å². The summed E-state index contributed by atoms with van der Waals surface area (Å²) in [6.45, 7) is 2.81. The van der Waals surface area contributed by atoms with Gasteiger partial charge in [0.05, 0.1) is 0 Å². The van der Waals surface area contributed by atoms with Crippen LogP contribution < -0.4 is 10.1 Å². The summed E-state index contributed by atoms with van der Waals surface area (Å²) in [4.78, 5) is 0. The van der Waals surface area contributed by atoms with E-state index in [-0.39, 0.29) is 11.9 Å². The molecule has 1 rings (SSSR count). The molecule has 0 aromatic heterocycles. The Bertz CT molecular complexity index is 278. The first kappa shape index (κ1) is 11.0. The summed E-state index contributed by atoms with van der Waals surface area (Å²) in [7, 11) is 1.87. The Morgan fingerprint density at radius 2 is 2.29 bits per heavy atom. The summed E-state index contributed by atoms with van der Waals surface area (Å²) in [5, 5.41) is 3.03. The molecular formula is C11H16FNO. The van der Waals surface area contributed by atoms with E-state index in [1.165, 1.54) is 12.1 Å². The van der Waals surface area contributed by atoms with Gasteiger partial charge in [0.2, 0.25) is 0 Å². The van der Waals surface area contributed by atoms with Crippen LogP contribution in [0.4, 0.5) is 4.39 Å². The van der Waals surface area contributed by atoms with Gasteiger partial charge in [-0.25, -0.2) is 4.39 Å². The minimum absolute atomic E-state index is 0.0989. The molecule has 0 bridgehead atoms. The fraction of sp³-hybridized carbons (Fsp3) is 0.455. The lowest BCUT2D eigenvalue weighted by Crippen LogP contribution is -2.28. The van der Waals surface area contributed by atoms with Crippen molar-refractivity contribution in [3.8, 4) is 5.75 Å². The first-order valence-electron chi connectivity index (χ1n) is 4.83. The van der Waals surface area contributed by atoms with Crippen LogP contribution in [-0.2, 0) is 0 Å². The highest BCUT2D eigenvalue weighted by Gasteiger charge is 2.06. The van der Waals surface area contributed by atoms with Crippen LogP contribution in [0.5, 0.6) is 5.75 Å². The molecule has 0 aliphatic rings. The predicted molar refractivity (Wildman–Crippen MR) is 55.0 cm³/mol. The monoisotopic (exact) mass is 197 g/mol. The summed E-state index contributed by atoms with van der Waals surface area (Å²) in [6, 6.07) is 6.22. The van der Waals surface area contributed by atoms with Crippen LogP contribution in [-0.4, -0.2) is 19.7 Å². The summed E-state index contributed by atoms with van der Waals surface area (Å²) < 4.78 is 18.4. The molecule has 0 aliphatic carbocycles. The number of ether oxygens (including phenoxy) is 1. The molecule has 0 saturated carbocycles. The molecular weight excluding hydrogens is 181 g/mol. The van der Waals surface area contributed by atoms with Gasteiger partial charge in [0, 0.05) is 12.6 Å². The molecule has 0 aliphatic heterocycles. The Morgan fingerprint density at radius 1 is 1.50 bits per heavy atom. The first-order chi connectivity index (χ1) is 6.76. The maximum atomic E-state index is 12.8. The van der Waals surface area contributed by atoms with Crippen LogP contribution >= 0.6 is 0 Å². The van der Waals surface area contributed by atoms with Gasteiger partial charge in [-0.1, -0.05) is 13.0 Å². The highest BCUT2D eigenvalue weighted by molar-refractivity contribution is 5.22. The average Bonchev–Trinajstić information content (AvgIpc) is 2.17. The third-order valence-corrected chi connectivity index (χ3v) is 1.99. The quantitative estimate of drug-likeness (QED) is 0.781. The Morgan fingerprint density at radius 3 is 2.86 bits per heavy atom. The number of hydrogen-bond donors (Lipinski definition) is 1. The first-order valence-corrected chi connectivity index (χ1v) is 4.83. The van der Waals surface area contributed by atoms with Gasteiger partial charge in [0.15, 0.2) is 0 Å². The van der Waals surface area contributed by atoms with E-state index in [1.807, 2.05) is 14.0 Å². The molecule has 14 heavy (non-hydrogen) atoms. The number of halogens is 1. The Labute approximate surface area is 84.1 Å². The van der Waals surface area contributed by atoms with Crippen LogP contribution in [0, 0.1) is 5.82 Å². The van der Waals surface area contributed by atoms with E-state index in [0.29, 0.717) is 5.75 Å². The molecule has 3 heteroatoms. The van der Waals surface area contributed by atoms with Crippen LogP contribution in [0.15, 0.2) is 24.3 Å². The molecule has 1 unspecified atom stereocenters. The summed E-state index contributed by atoms with van der Waals surface area (Å²) in [5.74, 6) is 0.328. The zero-order valence-corrected chi connectivity index (χ0v) is 8.59. The SMILES string of the molecule is CCC(CNC)Oc1cccc(F)c1. The summed E-state index contributed by atoms with van der Waals surface area (Å²) in [6.07, 6.45) is 0.999. The Hall–Kier alpha value is -1.09. The van der Waals surface area contributed by atoms with Gasteiger partial charge in [0.1, 0.15) is 17.7 Å². The number of nitrogens with one attached hydrogen (secondary N) is 1. The normalized spacial score (nSPS) is 12.5. The lowest BCUT2D eigenvalue weighted by atomic mass is 10.2. The third kappa shape index (κ3) is 3.34. The molecule has 0 saturated heterocycles. The van der Waals surface area contributed by atoms with E-state index in [4.69, 9.17) is 4.74 Å². The van der Waals surface area contributed by atoms with E-state index in [2.05, 4.69) is 5.32 Å². The average molecular weight is 197 g/mol. The number of likely N-dealkylation sites (N-methyl/N-ethyl adjacent to an activating group) is 1. The van der Waals surface area contributed by atoms with Crippen molar-refractivity contribution < 1.29 is 9.13 Å². The van der Waals surface area contributed by atoms with Crippen LogP contribution in [0.3, 0.4) is 0 Å². The van der Waals surface area contributed by atoms with Crippen LogP contribution in [0.25, 0.3) is 0 Å². The zero-order valence-electron chi connectivity index (χ0n) is 8.59. The molecule has 0 radical (unpaired) electrons. The second-order valence-corrected chi connectivity index (χ2v) is 3.16. The van der Waals surface area contributed by atoms with E-state index < -0.39 is 0 Å². The van der Waals surface area contributed by atoms with Crippen molar-refractivity contribution in [2.24, 2.45) is 0 Å². The third-order valence-electron chi connectivity index (χ3n) is 1.99. The van der Waals surface area contributed by atoms with Crippen molar-refractivity contribution in [3.63, 3.8) is 0 Å². The van der Waals surface area contributed by atoms with Gasteiger partial charge >= 0.3 is 0 Å². The van der Waals surface area contributed by atoms with Gasteiger partial charge < -0.3 is 10.1 Å². The van der Waals surface area contributed by atoms with Crippen LogP contribution in [0.1, 0.15) is 13.3 Å². The molecule has 1 aromatic rings. The van der Waals surface area contributed by atoms with Crippen molar-refractivity contribution in [2.45, 2.75) is 19.4 Å². The fourth-order valence-electron chi connectivity index (χ4n) is 1.23. The van der Waals surface area contributed by atoms with Crippen LogP contribution in [0.2, 0.25) is 0 Å². The molecule has 78 valence electrons. The number of rotatable bonds is 5. The lowest BCUT2D eigenvalue weighted by molar-refractivity contribution is 0.196. The minimum atomic E-state index is -0.262. The maximum Gasteiger partial charge on any atom is 0.126 e. The molecule has 0 heterocycles. The topological polar surface area (TPSA) is 21.3 Å². The zero-order chi connectivity index (χ0) is 10.4. The second kappa shape index (κ2) is 5.60. The van der Waals surface area contributed by atoms with Gasteiger partial charge in [-0.05, 0) is 25.6 Å². The second-order valence-electron chi connectivity index (χ2n) is 3.16. The standard InChI is InChI=1S/C11H16FNO/c1-3-10(8-13-2)14-11-6-4-5-9(12)7-11/h4-7,10,13H,3,8H2,1-2H3. The molecule has 0 amide bonds. The molecule has 2 nitrogen and oxygen atoms in total. The van der Waals surface area contributed by atoms with Gasteiger partial charge in [-0.15, -0.1) is 0 Å². The fourth-order valence-corrected chi connectivity index (χ4v) is 1.23. The van der Waals surface area contributed by atoms with Gasteiger partial charge in [0.25, 0.3) is 0 Å². The smallest absolute Gasteiger partial charge is 0.126 e. The number of benzene rings is 1. The molecule has 1 N–H and O–H groups in total. The van der Waals surface area contributed by atoms with E-state index >= 15 is 0 Å². The lowest BCUT2D eigenvalue weighted by Gasteiger charge is -2.16.